The molecule has 0 amide bonds. The van der Waals surface area contributed by atoms with Crippen molar-refractivity contribution in [2.24, 2.45) is 11.8 Å². The highest BCUT2D eigenvalue weighted by Gasteiger charge is 2.12. The summed E-state index contributed by atoms with van der Waals surface area (Å²) in [5, 5.41) is 0. The maximum atomic E-state index is 2.35. The van der Waals surface area contributed by atoms with Crippen molar-refractivity contribution in [2.75, 3.05) is 0 Å². The Morgan fingerprint density at radius 1 is 1.08 bits per heavy atom. The van der Waals surface area contributed by atoms with Crippen LogP contribution in [0, 0.1) is 11.8 Å². The summed E-state index contributed by atoms with van der Waals surface area (Å²) in [5.74, 6) is 1.54. The van der Waals surface area contributed by atoms with E-state index in [1.54, 1.807) is 5.57 Å². The van der Waals surface area contributed by atoms with E-state index in [-0.39, 0.29) is 0 Å². The number of hydrogen-bond donors (Lipinski definition) is 0. The van der Waals surface area contributed by atoms with Crippen molar-refractivity contribution < 1.29 is 0 Å². The Hall–Kier alpha value is -0.260. The molecule has 0 saturated carbocycles. The molecule has 1 unspecified atom stereocenters. The first-order valence-corrected chi connectivity index (χ1v) is 5.16. The summed E-state index contributed by atoms with van der Waals surface area (Å²) < 4.78 is 0. The van der Waals surface area contributed by atoms with E-state index in [4.69, 9.17) is 0 Å². The normalized spacial score (nSPS) is 13.2. The summed E-state index contributed by atoms with van der Waals surface area (Å²) in [6, 6.07) is 0. The van der Waals surface area contributed by atoms with Crippen LogP contribution in [0.2, 0.25) is 0 Å². The van der Waals surface area contributed by atoms with E-state index in [0.717, 1.165) is 11.8 Å². The molecule has 72 valence electrons. The van der Waals surface area contributed by atoms with Crippen LogP contribution in [-0.2, 0) is 0 Å². The predicted octanol–water partition coefficient (Wildman–Crippen LogP) is 4.42. The van der Waals surface area contributed by atoms with E-state index < -0.39 is 0 Å². The van der Waals surface area contributed by atoms with Gasteiger partial charge < -0.3 is 0 Å². The van der Waals surface area contributed by atoms with Crippen LogP contribution in [0.3, 0.4) is 0 Å². The summed E-state index contributed by atoms with van der Waals surface area (Å²) in [6.45, 7) is 13.7. The third kappa shape index (κ3) is 3.42. The van der Waals surface area contributed by atoms with Gasteiger partial charge in [0.05, 0.1) is 0 Å². The minimum atomic E-state index is 0.759. The molecule has 0 fully saturated rings. The van der Waals surface area contributed by atoms with Gasteiger partial charge in [0, 0.05) is 0 Å². The van der Waals surface area contributed by atoms with E-state index in [1.165, 1.54) is 18.4 Å². The third-order valence-corrected chi connectivity index (χ3v) is 2.71. The Labute approximate surface area is 78.1 Å². The van der Waals surface area contributed by atoms with Gasteiger partial charge in [-0.3, -0.25) is 0 Å². The van der Waals surface area contributed by atoms with Crippen molar-refractivity contribution in [3.05, 3.63) is 11.1 Å². The lowest BCUT2D eigenvalue weighted by atomic mass is 9.85. The van der Waals surface area contributed by atoms with E-state index in [0.29, 0.717) is 0 Å². The second kappa shape index (κ2) is 5.40. The molecule has 0 aromatic heterocycles. The van der Waals surface area contributed by atoms with Gasteiger partial charge in [0.1, 0.15) is 0 Å². The molecular formula is C12H24. The maximum absolute atomic E-state index is 2.35. The summed E-state index contributed by atoms with van der Waals surface area (Å²) >= 11 is 0. The summed E-state index contributed by atoms with van der Waals surface area (Å²) in [5.41, 5.74) is 3.20. The molecule has 0 bridgehead atoms. The number of hydrogen-bond acceptors (Lipinski definition) is 0. The standard InChI is InChI=1S/C12H24/c1-7-8-12(10(4)5)11(6)9(2)3/h9,11H,7-8H2,1-6H3. The van der Waals surface area contributed by atoms with Crippen molar-refractivity contribution in [2.45, 2.75) is 54.4 Å². The predicted molar refractivity (Wildman–Crippen MR) is 57.3 cm³/mol. The Bertz CT molecular complexity index is 147. The van der Waals surface area contributed by atoms with Crippen molar-refractivity contribution >= 4 is 0 Å². The zero-order valence-electron chi connectivity index (χ0n) is 9.57. The van der Waals surface area contributed by atoms with Gasteiger partial charge in [-0.2, -0.15) is 0 Å². The Kier molecular flexibility index (Phi) is 5.28. The van der Waals surface area contributed by atoms with Gasteiger partial charge in [0.15, 0.2) is 0 Å². The first kappa shape index (κ1) is 11.7. The van der Waals surface area contributed by atoms with E-state index in [2.05, 4.69) is 41.5 Å². The van der Waals surface area contributed by atoms with Gasteiger partial charge in [0.25, 0.3) is 0 Å². The number of rotatable bonds is 4. The lowest BCUT2D eigenvalue weighted by Gasteiger charge is -2.21. The van der Waals surface area contributed by atoms with Gasteiger partial charge in [0.2, 0.25) is 0 Å². The van der Waals surface area contributed by atoms with E-state index in [1.807, 2.05) is 0 Å². The third-order valence-electron chi connectivity index (χ3n) is 2.71. The van der Waals surface area contributed by atoms with Crippen LogP contribution in [-0.4, -0.2) is 0 Å². The van der Waals surface area contributed by atoms with Crippen LogP contribution in [0.1, 0.15) is 54.4 Å². The average molecular weight is 168 g/mol. The maximum Gasteiger partial charge on any atom is -0.0206 e. The lowest BCUT2D eigenvalue weighted by molar-refractivity contribution is 0.461. The van der Waals surface area contributed by atoms with Crippen LogP contribution < -0.4 is 0 Å². The molecule has 0 spiro atoms. The SMILES string of the molecule is CCCC(=C(C)C)C(C)C(C)C. The fourth-order valence-corrected chi connectivity index (χ4v) is 1.60. The molecule has 0 aliphatic rings. The number of allylic oxidation sites excluding steroid dienone is 2. The lowest BCUT2D eigenvalue weighted by Crippen LogP contribution is -2.08. The largest absolute Gasteiger partial charge is 0.0770 e. The summed E-state index contributed by atoms with van der Waals surface area (Å²) in [6.07, 6.45) is 2.55. The summed E-state index contributed by atoms with van der Waals surface area (Å²) in [4.78, 5) is 0. The van der Waals surface area contributed by atoms with Gasteiger partial charge in [-0.05, 0) is 32.1 Å². The van der Waals surface area contributed by atoms with Crippen LogP contribution in [0.25, 0.3) is 0 Å². The van der Waals surface area contributed by atoms with Crippen molar-refractivity contribution in [3.8, 4) is 0 Å². The highest BCUT2D eigenvalue weighted by atomic mass is 14.2. The first-order valence-electron chi connectivity index (χ1n) is 5.16. The zero-order chi connectivity index (χ0) is 9.72. The van der Waals surface area contributed by atoms with E-state index in [9.17, 15) is 0 Å². The highest BCUT2D eigenvalue weighted by molar-refractivity contribution is 5.13. The first-order chi connectivity index (χ1) is 5.50. The molecular weight excluding hydrogens is 144 g/mol. The molecule has 0 saturated heterocycles. The molecule has 0 heteroatoms. The van der Waals surface area contributed by atoms with Gasteiger partial charge in [-0.1, -0.05) is 45.3 Å². The van der Waals surface area contributed by atoms with Crippen molar-refractivity contribution in [1.29, 1.82) is 0 Å². The van der Waals surface area contributed by atoms with Gasteiger partial charge in [-0.15, -0.1) is 0 Å². The van der Waals surface area contributed by atoms with Crippen molar-refractivity contribution in [1.82, 2.24) is 0 Å². The molecule has 0 radical (unpaired) electrons. The second-order valence-corrected chi connectivity index (χ2v) is 4.31. The Morgan fingerprint density at radius 2 is 1.58 bits per heavy atom. The smallest absolute Gasteiger partial charge is 0.0206 e. The molecule has 0 aliphatic heterocycles. The zero-order valence-corrected chi connectivity index (χ0v) is 9.57. The van der Waals surface area contributed by atoms with Crippen molar-refractivity contribution in [3.63, 3.8) is 0 Å². The quantitative estimate of drug-likeness (QED) is 0.545. The molecule has 0 N–H and O–H groups in total. The van der Waals surface area contributed by atoms with Gasteiger partial charge in [-0.25, -0.2) is 0 Å². The monoisotopic (exact) mass is 168 g/mol. The van der Waals surface area contributed by atoms with E-state index >= 15 is 0 Å². The second-order valence-electron chi connectivity index (χ2n) is 4.31. The van der Waals surface area contributed by atoms with Crippen LogP contribution in [0.4, 0.5) is 0 Å². The average Bonchev–Trinajstić information content (AvgIpc) is 1.98. The molecule has 1 atom stereocenters. The highest BCUT2D eigenvalue weighted by Crippen LogP contribution is 2.26. The Morgan fingerprint density at radius 3 is 1.83 bits per heavy atom. The van der Waals surface area contributed by atoms with Crippen LogP contribution in [0.5, 0.6) is 0 Å². The Balaban J connectivity index is 4.42. The fraction of sp³-hybridized carbons (Fsp3) is 0.833. The van der Waals surface area contributed by atoms with Crippen LogP contribution in [0.15, 0.2) is 11.1 Å². The molecule has 0 aromatic carbocycles. The fourth-order valence-electron chi connectivity index (χ4n) is 1.60. The van der Waals surface area contributed by atoms with Crippen LogP contribution >= 0.6 is 0 Å². The minimum Gasteiger partial charge on any atom is -0.0770 e. The summed E-state index contributed by atoms with van der Waals surface area (Å²) in [7, 11) is 0. The molecule has 0 rings (SSSR count). The van der Waals surface area contributed by atoms with Gasteiger partial charge >= 0.3 is 0 Å². The molecule has 0 heterocycles. The topological polar surface area (TPSA) is 0 Å². The molecule has 0 aliphatic carbocycles. The minimum absolute atomic E-state index is 0.759. The molecule has 0 aromatic rings. The molecule has 12 heavy (non-hydrogen) atoms. The molecule has 0 nitrogen and oxygen atoms in total.